The zero-order chi connectivity index (χ0) is 16.3. The smallest absolute Gasteiger partial charge is 0.289 e. The highest BCUT2D eigenvalue weighted by atomic mass is 16.5. The van der Waals surface area contributed by atoms with Crippen molar-refractivity contribution in [3.8, 4) is 0 Å². The van der Waals surface area contributed by atoms with Gasteiger partial charge in [0, 0.05) is 33.4 Å². The summed E-state index contributed by atoms with van der Waals surface area (Å²) in [7, 11) is 5.35. The number of pyridine rings is 1. The molecule has 118 valence electrons. The lowest BCUT2D eigenvalue weighted by Crippen LogP contribution is -2.29. The second-order valence-corrected chi connectivity index (χ2v) is 5.29. The number of nitrogens with one attached hydrogen (secondary N) is 1. The van der Waals surface area contributed by atoms with Crippen molar-refractivity contribution in [3.05, 3.63) is 23.1 Å². The fourth-order valence-corrected chi connectivity index (χ4v) is 2.23. The Balaban J connectivity index is 2.51. The maximum absolute atomic E-state index is 12.2. The van der Waals surface area contributed by atoms with Crippen LogP contribution >= 0.6 is 0 Å². The summed E-state index contributed by atoms with van der Waals surface area (Å²) in [5.41, 5.74) is 2.43. The van der Waals surface area contributed by atoms with Gasteiger partial charge in [0.2, 0.25) is 5.82 Å². The normalized spacial score (nSPS) is 10.8. The summed E-state index contributed by atoms with van der Waals surface area (Å²) >= 11 is 0. The number of anilines is 1. The number of hydrogen-bond acceptors (Lipinski definition) is 6. The van der Waals surface area contributed by atoms with Crippen LogP contribution in [0.2, 0.25) is 0 Å². The Morgan fingerprint density at radius 2 is 2.00 bits per heavy atom. The third-order valence-electron chi connectivity index (χ3n) is 3.19. The molecular formula is C15H21N5O2. The van der Waals surface area contributed by atoms with E-state index in [9.17, 15) is 4.79 Å². The fraction of sp³-hybridized carbons (Fsp3) is 0.467. The van der Waals surface area contributed by atoms with Crippen molar-refractivity contribution in [2.45, 2.75) is 13.8 Å². The van der Waals surface area contributed by atoms with Crippen LogP contribution in [0.4, 0.5) is 5.82 Å². The van der Waals surface area contributed by atoms with Gasteiger partial charge < -0.3 is 15.0 Å². The van der Waals surface area contributed by atoms with E-state index in [1.807, 2.05) is 38.9 Å². The summed E-state index contributed by atoms with van der Waals surface area (Å²) < 4.78 is 4.92. The van der Waals surface area contributed by atoms with E-state index in [-0.39, 0.29) is 11.7 Å². The summed E-state index contributed by atoms with van der Waals surface area (Å²) in [5.74, 6) is 0.472. The van der Waals surface area contributed by atoms with Crippen molar-refractivity contribution in [3.63, 3.8) is 0 Å². The van der Waals surface area contributed by atoms with Gasteiger partial charge in [-0.15, -0.1) is 0 Å². The van der Waals surface area contributed by atoms with Crippen LogP contribution in [-0.4, -0.2) is 55.2 Å². The topological polar surface area (TPSA) is 80.2 Å². The quantitative estimate of drug-likeness (QED) is 0.833. The SMILES string of the molecule is COCCNC(=O)c1nc(N(C)C)c2c(C)cc(C)nc2n1. The number of hydrogen-bond donors (Lipinski definition) is 1. The Labute approximate surface area is 129 Å². The van der Waals surface area contributed by atoms with E-state index in [4.69, 9.17) is 4.74 Å². The predicted molar refractivity (Wildman–Crippen MR) is 85.3 cm³/mol. The van der Waals surface area contributed by atoms with E-state index in [1.54, 1.807) is 7.11 Å². The first-order valence-corrected chi connectivity index (χ1v) is 7.04. The van der Waals surface area contributed by atoms with Gasteiger partial charge in [-0.1, -0.05) is 0 Å². The molecule has 0 atom stereocenters. The zero-order valence-electron chi connectivity index (χ0n) is 13.6. The minimum absolute atomic E-state index is 0.116. The summed E-state index contributed by atoms with van der Waals surface area (Å²) in [5, 5.41) is 3.59. The summed E-state index contributed by atoms with van der Waals surface area (Å²) in [6.07, 6.45) is 0. The summed E-state index contributed by atoms with van der Waals surface area (Å²) in [6.45, 7) is 4.75. The van der Waals surface area contributed by atoms with Crippen LogP contribution in [-0.2, 0) is 4.74 Å². The van der Waals surface area contributed by atoms with E-state index in [1.165, 1.54) is 0 Å². The molecule has 0 aliphatic rings. The highest BCUT2D eigenvalue weighted by Crippen LogP contribution is 2.25. The molecule has 0 aromatic carbocycles. The van der Waals surface area contributed by atoms with Gasteiger partial charge in [0.25, 0.3) is 5.91 Å². The number of amides is 1. The molecule has 2 aromatic heterocycles. The highest BCUT2D eigenvalue weighted by Gasteiger charge is 2.17. The molecule has 0 bridgehead atoms. The van der Waals surface area contributed by atoms with Crippen LogP contribution in [0, 0.1) is 13.8 Å². The number of carbonyl (C=O) groups excluding carboxylic acids is 1. The maximum Gasteiger partial charge on any atom is 0.289 e. The molecule has 22 heavy (non-hydrogen) atoms. The lowest BCUT2D eigenvalue weighted by Gasteiger charge is -2.16. The number of carbonyl (C=O) groups is 1. The molecule has 7 heteroatoms. The van der Waals surface area contributed by atoms with Crippen LogP contribution in [0.1, 0.15) is 21.9 Å². The molecule has 0 fully saturated rings. The number of methoxy groups -OCH3 is 1. The monoisotopic (exact) mass is 303 g/mol. The van der Waals surface area contributed by atoms with Crippen molar-refractivity contribution < 1.29 is 9.53 Å². The third kappa shape index (κ3) is 3.30. The second-order valence-electron chi connectivity index (χ2n) is 5.29. The molecule has 1 amide bonds. The van der Waals surface area contributed by atoms with Gasteiger partial charge in [-0.3, -0.25) is 4.79 Å². The van der Waals surface area contributed by atoms with Gasteiger partial charge in [0.15, 0.2) is 5.65 Å². The molecule has 0 saturated heterocycles. The minimum atomic E-state index is -0.331. The van der Waals surface area contributed by atoms with Gasteiger partial charge in [0.05, 0.1) is 12.0 Å². The van der Waals surface area contributed by atoms with Gasteiger partial charge in [-0.25, -0.2) is 15.0 Å². The van der Waals surface area contributed by atoms with Crippen LogP contribution in [0.5, 0.6) is 0 Å². The van der Waals surface area contributed by atoms with Crippen molar-refractivity contribution in [1.29, 1.82) is 0 Å². The number of fused-ring (bicyclic) bond motifs is 1. The Morgan fingerprint density at radius 3 is 2.64 bits per heavy atom. The molecule has 0 aliphatic carbocycles. The Kier molecular flexibility index (Phi) is 4.87. The molecule has 0 aliphatic heterocycles. The first kappa shape index (κ1) is 16.1. The number of ether oxygens (including phenoxy) is 1. The summed E-state index contributed by atoms with van der Waals surface area (Å²) in [6, 6.07) is 1.98. The average molecular weight is 303 g/mol. The molecular weight excluding hydrogens is 282 g/mol. The van der Waals surface area contributed by atoms with Crippen LogP contribution in [0.15, 0.2) is 6.07 Å². The Morgan fingerprint density at radius 1 is 1.27 bits per heavy atom. The van der Waals surface area contributed by atoms with E-state index >= 15 is 0 Å². The predicted octanol–water partition coefficient (Wildman–Crippen LogP) is 1.08. The van der Waals surface area contributed by atoms with Crippen LogP contribution in [0.3, 0.4) is 0 Å². The molecule has 0 unspecified atom stereocenters. The molecule has 1 N–H and O–H groups in total. The van der Waals surface area contributed by atoms with E-state index in [2.05, 4.69) is 20.3 Å². The van der Waals surface area contributed by atoms with E-state index < -0.39 is 0 Å². The van der Waals surface area contributed by atoms with Crippen LogP contribution in [0.25, 0.3) is 11.0 Å². The van der Waals surface area contributed by atoms with Gasteiger partial charge in [0.1, 0.15) is 5.82 Å². The second kappa shape index (κ2) is 6.65. The summed E-state index contributed by atoms with van der Waals surface area (Å²) in [4.78, 5) is 27.2. The molecule has 0 saturated carbocycles. The maximum atomic E-state index is 12.2. The standard InChI is InChI=1S/C15H21N5O2/c1-9-8-10(2)17-12-11(9)14(20(3)4)19-13(18-12)15(21)16-6-7-22-5/h8H,6-7H2,1-5H3,(H,16,21). The lowest BCUT2D eigenvalue weighted by atomic mass is 10.1. The largest absolute Gasteiger partial charge is 0.383 e. The van der Waals surface area contributed by atoms with Gasteiger partial charge >= 0.3 is 0 Å². The lowest BCUT2D eigenvalue weighted by molar-refractivity contribution is 0.0927. The first-order chi connectivity index (χ1) is 10.4. The first-order valence-electron chi connectivity index (χ1n) is 7.04. The van der Waals surface area contributed by atoms with Crippen molar-refractivity contribution in [2.75, 3.05) is 39.3 Å². The highest BCUT2D eigenvalue weighted by molar-refractivity contribution is 5.96. The van der Waals surface area contributed by atoms with E-state index in [0.717, 1.165) is 16.6 Å². The Hall–Kier alpha value is -2.28. The van der Waals surface area contributed by atoms with Crippen molar-refractivity contribution in [2.24, 2.45) is 0 Å². The number of aryl methyl sites for hydroxylation is 2. The van der Waals surface area contributed by atoms with Crippen LogP contribution < -0.4 is 10.2 Å². The van der Waals surface area contributed by atoms with E-state index in [0.29, 0.717) is 24.6 Å². The molecule has 2 heterocycles. The fourth-order valence-electron chi connectivity index (χ4n) is 2.23. The number of nitrogens with zero attached hydrogens (tertiary/aromatic N) is 4. The van der Waals surface area contributed by atoms with Gasteiger partial charge in [-0.05, 0) is 25.5 Å². The third-order valence-corrected chi connectivity index (χ3v) is 3.19. The number of rotatable bonds is 5. The molecule has 0 radical (unpaired) electrons. The molecule has 2 rings (SSSR count). The minimum Gasteiger partial charge on any atom is -0.383 e. The van der Waals surface area contributed by atoms with Crippen molar-refractivity contribution >= 4 is 22.8 Å². The molecule has 7 nitrogen and oxygen atoms in total. The average Bonchev–Trinajstić information content (AvgIpc) is 2.45. The molecule has 2 aromatic rings. The molecule has 0 spiro atoms. The number of aromatic nitrogens is 3. The van der Waals surface area contributed by atoms with Crippen molar-refractivity contribution in [1.82, 2.24) is 20.3 Å². The Bertz CT molecular complexity index is 700. The zero-order valence-corrected chi connectivity index (χ0v) is 13.6. The van der Waals surface area contributed by atoms with Gasteiger partial charge in [-0.2, -0.15) is 0 Å².